The first-order valence-corrected chi connectivity index (χ1v) is 10.7. The van der Waals surface area contributed by atoms with Gasteiger partial charge in [-0.2, -0.15) is 4.98 Å². The normalized spacial score (nSPS) is 18.4. The van der Waals surface area contributed by atoms with Gasteiger partial charge < -0.3 is 10.1 Å². The number of nitrogens with zero attached hydrogens (tertiary/aromatic N) is 3. The van der Waals surface area contributed by atoms with Crippen molar-refractivity contribution in [2.24, 2.45) is 10.6 Å². The van der Waals surface area contributed by atoms with Crippen molar-refractivity contribution in [3.05, 3.63) is 42.1 Å². The number of amides is 1. The summed E-state index contributed by atoms with van der Waals surface area (Å²) in [5.41, 5.74) is 0.655. The molecule has 2 atom stereocenters. The molecular formula is C19H25N5O4S. The lowest BCUT2D eigenvalue weighted by atomic mass is 9.87. The Kier molecular flexibility index (Phi) is 5.50. The Morgan fingerprint density at radius 1 is 1.24 bits per heavy atom. The summed E-state index contributed by atoms with van der Waals surface area (Å²) in [5, 5.41) is 8.30. The Labute approximate surface area is 170 Å². The first kappa shape index (κ1) is 21.0. The molecule has 0 aliphatic carbocycles. The third-order valence-electron chi connectivity index (χ3n) is 4.81. The van der Waals surface area contributed by atoms with Gasteiger partial charge in [0.15, 0.2) is 0 Å². The maximum absolute atomic E-state index is 12.3. The molecule has 1 saturated heterocycles. The molecule has 1 fully saturated rings. The van der Waals surface area contributed by atoms with E-state index in [1.165, 1.54) is 12.1 Å². The number of nitrogens with one attached hydrogen (secondary N) is 1. The summed E-state index contributed by atoms with van der Waals surface area (Å²) in [7, 11) is -3.74. The van der Waals surface area contributed by atoms with Crippen LogP contribution < -0.4 is 15.4 Å². The summed E-state index contributed by atoms with van der Waals surface area (Å²) in [6.07, 6.45) is 1.15. The zero-order valence-electron chi connectivity index (χ0n) is 16.8. The number of benzene rings is 1. The van der Waals surface area contributed by atoms with E-state index in [4.69, 9.17) is 9.88 Å². The Bertz CT molecular complexity index is 1000. The van der Waals surface area contributed by atoms with Crippen LogP contribution in [0.5, 0.6) is 0 Å². The van der Waals surface area contributed by atoms with Crippen molar-refractivity contribution >= 4 is 27.9 Å². The van der Waals surface area contributed by atoms with Gasteiger partial charge in [-0.3, -0.25) is 4.90 Å². The summed E-state index contributed by atoms with van der Waals surface area (Å²) in [6, 6.07) is 7.58. The van der Waals surface area contributed by atoms with Crippen molar-refractivity contribution in [1.82, 2.24) is 9.97 Å². The predicted molar refractivity (Wildman–Crippen MR) is 109 cm³/mol. The lowest BCUT2D eigenvalue weighted by Gasteiger charge is -2.31. The Balaban J connectivity index is 1.80. The van der Waals surface area contributed by atoms with E-state index in [2.05, 4.69) is 15.3 Å². The number of hydrogen-bond donors (Lipinski definition) is 2. The molecule has 0 spiro atoms. The standard InChI is InChI=1S/C19H25N5O4S/c1-12(13-5-7-14(8-6-13)29(20,26)27)22-17-21-10-9-16(23-17)24-15(19(2,3)4)11-28-18(24)25/h5-10,12,15H,11H2,1-4H3,(H2,20,26,27)(H,21,22,23). The molecule has 10 heteroatoms. The monoisotopic (exact) mass is 419 g/mol. The number of carbonyl (C=O) groups is 1. The number of carbonyl (C=O) groups excluding carboxylic acids is 1. The van der Waals surface area contributed by atoms with Crippen LogP contribution in [0.25, 0.3) is 0 Å². The first-order chi connectivity index (χ1) is 13.5. The van der Waals surface area contributed by atoms with Crippen LogP contribution in [0.2, 0.25) is 0 Å². The second kappa shape index (κ2) is 7.60. The number of nitrogens with two attached hydrogens (primary N) is 1. The quantitative estimate of drug-likeness (QED) is 0.762. The lowest BCUT2D eigenvalue weighted by molar-refractivity contribution is 0.172. The minimum Gasteiger partial charge on any atom is -0.447 e. The van der Waals surface area contributed by atoms with E-state index < -0.39 is 16.1 Å². The number of sulfonamides is 1. The molecule has 3 N–H and O–H groups in total. The zero-order valence-corrected chi connectivity index (χ0v) is 17.6. The van der Waals surface area contributed by atoms with Gasteiger partial charge in [0.25, 0.3) is 0 Å². The number of aromatic nitrogens is 2. The van der Waals surface area contributed by atoms with Gasteiger partial charge in [0, 0.05) is 6.20 Å². The predicted octanol–water partition coefficient (Wildman–Crippen LogP) is 2.67. The summed E-state index contributed by atoms with van der Waals surface area (Å²) in [5.74, 6) is 0.805. The highest BCUT2D eigenvalue weighted by molar-refractivity contribution is 7.89. The van der Waals surface area contributed by atoms with Crippen LogP contribution in [0.3, 0.4) is 0 Å². The van der Waals surface area contributed by atoms with Crippen molar-refractivity contribution in [3.8, 4) is 0 Å². The molecule has 1 aliphatic rings. The van der Waals surface area contributed by atoms with Crippen molar-refractivity contribution in [3.63, 3.8) is 0 Å². The highest BCUT2D eigenvalue weighted by Gasteiger charge is 2.42. The van der Waals surface area contributed by atoms with Gasteiger partial charge in [-0.15, -0.1) is 0 Å². The molecule has 29 heavy (non-hydrogen) atoms. The number of cyclic esters (lactones) is 1. The molecule has 1 aromatic carbocycles. The maximum atomic E-state index is 12.3. The third-order valence-corrected chi connectivity index (χ3v) is 5.74. The smallest absolute Gasteiger partial charge is 0.415 e. The van der Waals surface area contributed by atoms with Crippen LogP contribution in [-0.2, 0) is 14.8 Å². The molecule has 0 radical (unpaired) electrons. The number of rotatable bonds is 5. The minimum atomic E-state index is -3.74. The molecular weight excluding hydrogens is 394 g/mol. The van der Waals surface area contributed by atoms with E-state index >= 15 is 0 Å². The largest absolute Gasteiger partial charge is 0.447 e. The molecule has 0 bridgehead atoms. The Morgan fingerprint density at radius 3 is 2.48 bits per heavy atom. The first-order valence-electron chi connectivity index (χ1n) is 9.15. The zero-order chi connectivity index (χ0) is 21.4. The molecule has 2 unspecified atom stereocenters. The number of primary sulfonamides is 1. The van der Waals surface area contributed by atoms with Crippen molar-refractivity contribution < 1.29 is 17.9 Å². The van der Waals surface area contributed by atoms with Crippen molar-refractivity contribution in [2.75, 3.05) is 16.8 Å². The fraction of sp³-hybridized carbons (Fsp3) is 0.421. The summed E-state index contributed by atoms with van der Waals surface area (Å²) in [4.78, 5) is 22.6. The molecule has 156 valence electrons. The number of ether oxygens (including phenoxy) is 1. The number of anilines is 2. The molecule has 1 aromatic heterocycles. The van der Waals surface area contributed by atoms with E-state index in [0.29, 0.717) is 18.4 Å². The van der Waals surface area contributed by atoms with Gasteiger partial charge >= 0.3 is 6.09 Å². The highest BCUT2D eigenvalue weighted by atomic mass is 32.2. The lowest BCUT2D eigenvalue weighted by Crippen LogP contribution is -2.43. The summed E-state index contributed by atoms with van der Waals surface area (Å²) < 4.78 is 28.0. The molecule has 2 aromatic rings. The van der Waals surface area contributed by atoms with Gasteiger partial charge in [0.2, 0.25) is 16.0 Å². The van der Waals surface area contributed by atoms with Crippen molar-refractivity contribution in [1.29, 1.82) is 0 Å². The van der Waals surface area contributed by atoms with Gasteiger partial charge in [0.1, 0.15) is 12.4 Å². The van der Waals surface area contributed by atoms with E-state index in [1.54, 1.807) is 29.3 Å². The van der Waals surface area contributed by atoms with Gasteiger partial charge in [-0.1, -0.05) is 32.9 Å². The minimum absolute atomic E-state index is 0.0486. The molecule has 9 nitrogen and oxygen atoms in total. The van der Waals surface area contributed by atoms with Crippen LogP contribution in [0, 0.1) is 5.41 Å². The average Bonchev–Trinajstić information content (AvgIpc) is 3.03. The van der Waals surface area contributed by atoms with Crippen LogP contribution in [0.4, 0.5) is 16.6 Å². The van der Waals surface area contributed by atoms with Gasteiger partial charge in [-0.05, 0) is 36.1 Å². The molecule has 3 rings (SSSR count). The fourth-order valence-corrected chi connectivity index (χ4v) is 3.60. The molecule has 1 aliphatic heterocycles. The van der Waals surface area contributed by atoms with E-state index in [1.807, 2.05) is 27.7 Å². The number of hydrogen-bond acceptors (Lipinski definition) is 7. The van der Waals surface area contributed by atoms with Crippen molar-refractivity contribution in [2.45, 2.75) is 44.7 Å². The average molecular weight is 420 g/mol. The fourth-order valence-electron chi connectivity index (χ4n) is 3.09. The van der Waals surface area contributed by atoms with Crippen LogP contribution in [0.15, 0.2) is 41.4 Å². The molecule has 2 heterocycles. The maximum Gasteiger partial charge on any atom is 0.415 e. The van der Waals surface area contributed by atoms with E-state index in [0.717, 1.165) is 5.56 Å². The van der Waals surface area contributed by atoms with E-state index in [9.17, 15) is 13.2 Å². The SMILES string of the molecule is CC(Nc1nccc(N2C(=O)OCC2C(C)(C)C)n1)c1ccc(S(N)(=O)=O)cc1. The second-order valence-electron chi connectivity index (χ2n) is 8.05. The molecule has 1 amide bonds. The third kappa shape index (κ3) is 4.65. The highest BCUT2D eigenvalue weighted by Crippen LogP contribution is 2.33. The van der Waals surface area contributed by atoms with Gasteiger partial charge in [0.05, 0.1) is 17.0 Å². The summed E-state index contributed by atoms with van der Waals surface area (Å²) in [6.45, 7) is 8.33. The van der Waals surface area contributed by atoms with E-state index in [-0.39, 0.29) is 22.4 Å². The second-order valence-corrected chi connectivity index (χ2v) is 9.61. The van der Waals surface area contributed by atoms with Crippen LogP contribution in [0.1, 0.15) is 39.3 Å². The van der Waals surface area contributed by atoms with Crippen LogP contribution >= 0.6 is 0 Å². The van der Waals surface area contributed by atoms with Gasteiger partial charge in [-0.25, -0.2) is 23.3 Å². The Hall–Kier alpha value is -2.72. The molecule has 0 saturated carbocycles. The summed E-state index contributed by atoms with van der Waals surface area (Å²) >= 11 is 0. The van der Waals surface area contributed by atoms with Crippen LogP contribution in [-0.4, -0.2) is 37.1 Å². The topological polar surface area (TPSA) is 128 Å². The Morgan fingerprint density at radius 2 is 1.90 bits per heavy atom.